The van der Waals surface area contributed by atoms with Crippen molar-refractivity contribution in [1.82, 2.24) is 0 Å². The molecular formula is C37H56O14. The molecular weight excluding hydrogens is 668 g/mol. The van der Waals surface area contributed by atoms with Crippen molar-refractivity contribution < 1.29 is 67.4 Å². The van der Waals surface area contributed by atoms with Crippen LogP contribution in [-0.4, -0.2) is 84.3 Å². The highest BCUT2D eigenvalue weighted by molar-refractivity contribution is 5.76. The van der Waals surface area contributed by atoms with Crippen molar-refractivity contribution in [2.24, 2.45) is 47.3 Å². The molecule has 14 nitrogen and oxygen atoms in total. The van der Waals surface area contributed by atoms with Crippen molar-refractivity contribution in [2.75, 3.05) is 13.2 Å². The van der Waals surface area contributed by atoms with Crippen molar-refractivity contribution in [1.29, 1.82) is 0 Å². The van der Waals surface area contributed by atoms with Gasteiger partial charge in [-0.3, -0.25) is 9.59 Å². The number of hydrogen-bond donors (Lipinski definition) is 1. The van der Waals surface area contributed by atoms with Crippen LogP contribution >= 0.6 is 0 Å². The summed E-state index contributed by atoms with van der Waals surface area (Å²) in [7, 11) is 0. The summed E-state index contributed by atoms with van der Waals surface area (Å²) in [4.78, 5) is 48.5. The van der Waals surface area contributed by atoms with Crippen LogP contribution in [0.2, 0.25) is 0 Å². The minimum Gasteiger partial charge on any atom is -0.481 e. The number of hydrogen-bond acceptors (Lipinski definition) is 13. The van der Waals surface area contributed by atoms with Crippen LogP contribution in [-0.2, 0) is 62.3 Å². The van der Waals surface area contributed by atoms with Gasteiger partial charge in [0.25, 0.3) is 0 Å². The quantitative estimate of drug-likeness (QED) is 0.231. The molecule has 8 heterocycles. The molecule has 288 valence electrons. The summed E-state index contributed by atoms with van der Waals surface area (Å²) < 4.78 is 44.9. The Morgan fingerprint density at radius 1 is 0.667 bits per heavy atom. The van der Waals surface area contributed by atoms with E-state index in [1.54, 1.807) is 0 Å². The van der Waals surface area contributed by atoms with Crippen LogP contribution in [0.3, 0.4) is 0 Å². The maximum Gasteiger partial charge on any atom is 0.306 e. The first-order valence-corrected chi connectivity index (χ1v) is 19.3. The summed E-state index contributed by atoms with van der Waals surface area (Å²) in [5, 5.41) is 9.18. The smallest absolute Gasteiger partial charge is 0.306 e. The molecule has 2 saturated carbocycles. The number of fused-ring (bicyclic) bond motifs is 4. The Bertz CT molecular complexity index is 1250. The monoisotopic (exact) mass is 724 g/mol. The van der Waals surface area contributed by atoms with Crippen molar-refractivity contribution in [2.45, 2.75) is 160 Å². The van der Waals surface area contributed by atoms with Gasteiger partial charge in [0.15, 0.2) is 36.4 Å². The van der Waals surface area contributed by atoms with E-state index in [0.29, 0.717) is 24.7 Å². The Morgan fingerprint density at radius 2 is 1.14 bits per heavy atom. The van der Waals surface area contributed by atoms with E-state index in [9.17, 15) is 14.7 Å². The van der Waals surface area contributed by atoms with Gasteiger partial charge in [-0.2, -0.15) is 0 Å². The Kier molecular flexibility index (Phi) is 9.58. The van der Waals surface area contributed by atoms with Crippen LogP contribution in [0.1, 0.15) is 106 Å². The molecule has 0 unspecified atom stereocenters. The maximum absolute atomic E-state index is 12.9. The summed E-state index contributed by atoms with van der Waals surface area (Å²) in [5.74, 6) is -2.31. The van der Waals surface area contributed by atoms with Gasteiger partial charge in [0.1, 0.15) is 6.10 Å². The third kappa shape index (κ3) is 6.08. The molecule has 16 atom stereocenters. The van der Waals surface area contributed by atoms with Crippen LogP contribution < -0.4 is 0 Å². The lowest BCUT2D eigenvalue weighted by Crippen LogP contribution is -2.70. The normalized spacial score (nSPS) is 51.8. The van der Waals surface area contributed by atoms with Crippen LogP contribution in [0, 0.1) is 47.3 Å². The zero-order valence-electron chi connectivity index (χ0n) is 30.7. The minimum atomic E-state index is -1.08. The molecule has 2 spiro atoms. The Morgan fingerprint density at radius 3 is 1.59 bits per heavy atom. The number of aliphatic carboxylic acids is 1. The molecule has 10 rings (SSSR count). The highest BCUT2D eigenvalue weighted by Gasteiger charge is 2.71. The fourth-order valence-electron chi connectivity index (χ4n) is 11.1. The van der Waals surface area contributed by atoms with E-state index in [2.05, 4.69) is 27.7 Å². The zero-order chi connectivity index (χ0) is 35.9. The second-order valence-corrected chi connectivity index (χ2v) is 17.2. The minimum absolute atomic E-state index is 0.0439. The third-order valence-electron chi connectivity index (χ3n) is 13.9. The second-order valence-electron chi connectivity index (χ2n) is 17.2. The molecule has 0 radical (unpaired) electrons. The Balaban J connectivity index is 0.977. The van der Waals surface area contributed by atoms with E-state index >= 15 is 0 Å². The summed E-state index contributed by atoms with van der Waals surface area (Å²) in [6.45, 7) is 12.4. The predicted octanol–water partition coefficient (Wildman–Crippen LogP) is 5.21. The van der Waals surface area contributed by atoms with Crippen LogP contribution in [0.4, 0.5) is 0 Å². The predicted molar refractivity (Wildman–Crippen MR) is 172 cm³/mol. The molecule has 10 aliphatic rings. The maximum atomic E-state index is 12.9. The van der Waals surface area contributed by atoms with Gasteiger partial charge in [-0.05, 0) is 76.0 Å². The summed E-state index contributed by atoms with van der Waals surface area (Å²) in [6.07, 6.45) is 2.99. The SMILES string of the molecule is C[C@H]1[C@@H](OCC(CO[C@H]2O[C@@H]3O[C@@]4(C)CC[C@H]5[C@H](C)CC[C@@H]([C@H]2C)[C@@]35OO4)OC(=O)CCC(=O)O)O[C@@H]2O[C@@]3(C)CC[C@H]4[C@H](C)CC[C@@H]1[C@@]24OO3. The summed E-state index contributed by atoms with van der Waals surface area (Å²) in [5.41, 5.74) is -1.46. The molecule has 0 aromatic rings. The van der Waals surface area contributed by atoms with E-state index in [1.807, 2.05) is 13.8 Å². The average Bonchev–Trinajstić information content (AvgIpc) is 3.46. The zero-order valence-corrected chi connectivity index (χ0v) is 30.7. The molecule has 10 fully saturated rings. The fourth-order valence-corrected chi connectivity index (χ4v) is 11.1. The Hall–Kier alpha value is -1.46. The molecule has 2 aliphatic carbocycles. The first kappa shape index (κ1) is 36.5. The first-order valence-electron chi connectivity index (χ1n) is 19.3. The topological polar surface area (TPSA) is 156 Å². The lowest BCUT2D eigenvalue weighted by atomic mass is 9.58. The second kappa shape index (κ2) is 13.4. The van der Waals surface area contributed by atoms with Gasteiger partial charge >= 0.3 is 11.9 Å². The molecule has 0 aromatic heterocycles. The van der Waals surface area contributed by atoms with Gasteiger partial charge in [0, 0.05) is 36.5 Å². The van der Waals surface area contributed by atoms with Crippen molar-refractivity contribution in [3.63, 3.8) is 0 Å². The van der Waals surface area contributed by atoms with Gasteiger partial charge in [-0.25, -0.2) is 19.6 Å². The number of carbonyl (C=O) groups is 2. The molecule has 0 amide bonds. The van der Waals surface area contributed by atoms with Crippen LogP contribution in [0.15, 0.2) is 0 Å². The van der Waals surface area contributed by atoms with Crippen LogP contribution in [0.5, 0.6) is 0 Å². The van der Waals surface area contributed by atoms with E-state index < -0.39 is 66.0 Å². The van der Waals surface area contributed by atoms with Gasteiger partial charge in [0.05, 0.1) is 26.1 Å². The molecule has 1 N–H and O–H groups in total. The van der Waals surface area contributed by atoms with E-state index in [1.165, 1.54) is 0 Å². The van der Waals surface area contributed by atoms with E-state index in [0.717, 1.165) is 38.5 Å². The number of rotatable bonds is 10. The summed E-state index contributed by atoms with van der Waals surface area (Å²) >= 11 is 0. The van der Waals surface area contributed by atoms with Crippen molar-refractivity contribution >= 4 is 11.9 Å². The summed E-state index contributed by atoms with van der Waals surface area (Å²) in [6, 6.07) is 0. The van der Waals surface area contributed by atoms with Gasteiger partial charge in [0.2, 0.25) is 11.6 Å². The van der Waals surface area contributed by atoms with Gasteiger partial charge in [-0.15, -0.1) is 0 Å². The number of esters is 1. The van der Waals surface area contributed by atoms with Gasteiger partial charge in [-0.1, -0.05) is 27.7 Å². The number of carboxylic acids is 1. The number of carboxylic acid groups (broad SMARTS) is 1. The van der Waals surface area contributed by atoms with E-state index in [4.69, 9.17) is 52.7 Å². The largest absolute Gasteiger partial charge is 0.481 e. The van der Waals surface area contributed by atoms with Crippen molar-refractivity contribution in [3.8, 4) is 0 Å². The molecule has 0 aromatic carbocycles. The molecule has 14 heteroatoms. The molecule has 8 aliphatic heterocycles. The molecule has 4 bridgehead atoms. The lowest BCUT2D eigenvalue weighted by molar-refractivity contribution is -0.578. The van der Waals surface area contributed by atoms with Crippen LogP contribution in [0.25, 0.3) is 0 Å². The first-order chi connectivity index (χ1) is 24.3. The van der Waals surface area contributed by atoms with Gasteiger partial charge < -0.3 is 38.3 Å². The highest BCUT2D eigenvalue weighted by atomic mass is 17.3. The molecule has 51 heavy (non-hydrogen) atoms. The lowest BCUT2D eigenvalue weighted by Gasteiger charge is -2.60. The average molecular weight is 725 g/mol. The highest BCUT2D eigenvalue weighted by Crippen LogP contribution is 2.62. The fraction of sp³-hybridized carbons (Fsp3) is 0.946. The standard InChI is InChI=1S/C37H56O14/c1-19-7-9-26-21(3)30(44-32-36(26)24(19)13-15-34(5,46-32)48-50-36)41-17-23(43-29(40)12-11-28(38)39)18-42-31-22(4)27-10-8-20(2)25-14-16-35(6)47-33(45-31)37(25,27)51-49-35/h19-27,30-33H,7-18H2,1-6H3,(H,38,39)/t19-,20-,21-,22-,24+,25+,26+,27+,30+,31+,32-,33-,34-,35-,36-,37-/m1/s1. The molecule has 8 saturated heterocycles. The number of carbonyl (C=O) groups excluding carboxylic acids is 1. The number of ether oxygens (including phenoxy) is 7. The van der Waals surface area contributed by atoms with Crippen molar-refractivity contribution in [3.05, 3.63) is 0 Å². The van der Waals surface area contributed by atoms with E-state index in [-0.39, 0.29) is 61.6 Å². The third-order valence-corrected chi connectivity index (χ3v) is 13.9. The Labute approximate surface area is 299 Å².